The van der Waals surface area contributed by atoms with Crippen molar-refractivity contribution in [2.45, 2.75) is 19.8 Å². The second-order valence-corrected chi connectivity index (χ2v) is 7.33. The first kappa shape index (κ1) is 19.1. The number of aromatic nitrogens is 2. The maximum absolute atomic E-state index is 13.8. The fraction of sp³-hybridized carbons (Fsp3) is 0.273. The van der Waals surface area contributed by atoms with Crippen molar-refractivity contribution in [1.29, 1.82) is 0 Å². The number of rotatable bonds is 5. The van der Waals surface area contributed by atoms with Gasteiger partial charge in [0.1, 0.15) is 23.1 Å². The SMILES string of the molecule is CC1CCN(c2ccc(Nc3ccnc(Nc4c(F)cccc4F)n3)cc2)CC1. The lowest BCUT2D eigenvalue weighted by Gasteiger charge is -2.32. The molecule has 1 aliphatic heterocycles. The van der Waals surface area contributed by atoms with Gasteiger partial charge in [-0.05, 0) is 61.2 Å². The summed E-state index contributed by atoms with van der Waals surface area (Å²) in [5.41, 5.74) is 1.81. The summed E-state index contributed by atoms with van der Waals surface area (Å²) in [6, 6.07) is 13.5. The smallest absolute Gasteiger partial charge is 0.229 e. The van der Waals surface area contributed by atoms with Crippen LogP contribution >= 0.6 is 0 Å². The van der Waals surface area contributed by atoms with Crippen LogP contribution in [0.1, 0.15) is 19.8 Å². The van der Waals surface area contributed by atoms with E-state index in [1.807, 2.05) is 12.1 Å². The number of piperidine rings is 1. The number of nitrogens with one attached hydrogen (secondary N) is 2. The van der Waals surface area contributed by atoms with Crippen LogP contribution in [0.15, 0.2) is 54.7 Å². The topological polar surface area (TPSA) is 53.1 Å². The van der Waals surface area contributed by atoms with Gasteiger partial charge in [-0.15, -0.1) is 0 Å². The van der Waals surface area contributed by atoms with Gasteiger partial charge < -0.3 is 15.5 Å². The van der Waals surface area contributed by atoms with Crippen LogP contribution in [0.25, 0.3) is 0 Å². The van der Waals surface area contributed by atoms with Gasteiger partial charge in [0.05, 0.1) is 0 Å². The molecule has 4 rings (SSSR count). The lowest BCUT2D eigenvalue weighted by molar-refractivity contribution is 0.438. The van der Waals surface area contributed by atoms with Gasteiger partial charge in [0.15, 0.2) is 0 Å². The number of hydrogen-bond acceptors (Lipinski definition) is 5. The second-order valence-electron chi connectivity index (χ2n) is 7.33. The number of halogens is 2. The van der Waals surface area contributed by atoms with Gasteiger partial charge >= 0.3 is 0 Å². The maximum atomic E-state index is 13.8. The van der Waals surface area contributed by atoms with Crippen LogP contribution in [0, 0.1) is 17.6 Å². The molecule has 3 aromatic rings. The molecule has 1 saturated heterocycles. The molecular weight excluding hydrogens is 372 g/mol. The first-order valence-corrected chi connectivity index (χ1v) is 9.74. The van der Waals surface area contributed by atoms with E-state index in [1.165, 1.54) is 42.9 Å². The summed E-state index contributed by atoms with van der Waals surface area (Å²) in [6.45, 7) is 4.47. The molecule has 1 fully saturated rings. The third-order valence-electron chi connectivity index (χ3n) is 5.14. The average molecular weight is 395 g/mol. The van der Waals surface area contributed by atoms with E-state index in [0.717, 1.165) is 24.7 Å². The highest BCUT2D eigenvalue weighted by molar-refractivity contribution is 5.62. The Bertz CT molecular complexity index is 949. The van der Waals surface area contributed by atoms with Crippen LogP contribution < -0.4 is 15.5 Å². The lowest BCUT2D eigenvalue weighted by Crippen LogP contribution is -2.32. The molecular formula is C22H23F2N5. The second kappa shape index (κ2) is 8.43. The van der Waals surface area contributed by atoms with Crippen LogP contribution in [0.2, 0.25) is 0 Å². The Hall–Kier alpha value is -3.22. The molecule has 5 nitrogen and oxygen atoms in total. The number of para-hydroxylation sites is 1. The van der Waals surface area contributed by atoms with Crippen molar-refractivity contribution < 1.29 is 8.78 Å². The van der Waals surface area contributed by atoms with Crippen LogP contribution in [-0.2, 0) is 0 Å². The normalized spacial score (nSPS) is 14.7. The van der Waals surface area contributed by atoms with Gasteiger partial charge in [0.2, 0.25) is 5.95 Å². The first-order chi connectivity index (χ1) is 14.1. The van der Waals surface area contributed by atoms with Crippen molar-refractivity contribution in [1.82, 2.24) is 9.97 Å². The van der Waals surface area contributed by atoms with Gasteiger partial charge in [0.25, 0.3) is 0 Å². The van der Waals surface area contributed by atoms with Crippen LogP contribution in [0.4, 0.5) is 37.6 Å². The molecule has 29 heavy (non-hydrogen) atoms. The highest BCUT2D eigenvalue weighted by Gasteiger charge is 2.16. The molecule has 0 saturated carbocycles. The van der Waals surface area contributed by atoms with E-state index in [0.29, 0.717) is 5.82 Å². The van der Waals surface area contributed by atoms with Gasteiger partial charge in [0, 0.05) is 30.7 Å². The van der Waals surface area contributed by atoms with Gasteiger partial charge in [-0.25, -0.2) is 13.8 Å². The largest absolute Gasteiger partial charge is 0.372 e. The standard InChI is InChI=1S/C22H23F2N5/c1-15-10-13-29(14-11-15)17-7-5-16(6-8-17)26-20-9-12-25-22(27-20)28-21-18(23)3-2-4-19(21)24/h2-9,12,15H,10-11,13-14H2,1H3,(H2,25,26,27,28). The Morgan fingerprint density at radius 1 is 0.931 bits per heavy atom. The molecule has 0 unspecified atom stereocenters. The Morgan fingerprint density at radius 2 is 1.62 bits per heavy atom. The summed E-state index contributed by atoms with van der Waals surface area (Å²) in [5, 5.41) is 5.80. The fourth-order valence-corrected chi connectivity index (χ4v) is 3.39. The summed E-state index contributed by atoms with van der Waals surface area (Å²) >= 11 is 0. The van der Waals surface area contributed by atoms with E-state index in [2.05, 4.69) is 44.6 Å². The quantitative estimate of drug-likeness (QED) is 0.599. The molecule has 7 heteroatoms. The molecule has 0 radical (unpaired) electrons. The number of hydrogen-bond donors (Lipinski definition) is 2. The Labute approximate surface area is 168 Å². The molecule has 0 bridgehead atoms. The van der Waals surface area contributed by atoms with Crippen molar-refractivity contribution in [3.63, 3.8) is 0 Å². The van der Waals surface area contributed by atoms with Crippen LogP contribution in [-0.4, -0.2) is 23.1 Å². The Balaban J connectivity index is 1.44. The summed E-state index contributed by atoms with van der Waals surface area (Å²) in [5.74, 6) is 0.0340. The fourth-order valence-electron chi connectivity index (χ4n) is 3.39. The monoisotopic (exact) mass is 395 g/mol. The van der Waals surface area contributed by atoms with Gasteiger partial charge in [-0.2, -0.15) is 4.98 Å². The van der Waals surface area contributed by atoms with Crippen LogP contribution in [0.5, 0.6) is 0 Å². The predicted octanol–water partition coefficient (Wildman–Crippen LogP) is 5.48. The molecule has 2 heterocycles. The third kappa shape index (κ3) is 4.62. The highest BCUT2D eigenvalue weighted by atomic mass is 19.1. The maximum Gasteiger partial charge on any atom is 0.229 e. The number of anilines is 5. The van der Waals surface area contributed by atoms with E-state index < -0.39 is 11.6 Å². The molecule has 2 N–H and O–H groups in total. The Kier molecular flexibility index (Phi) is 5.55. The zero-order valence-electron chi connectivity index (χ0n) is 16.2. The highest BCUT2D eigenvalue weighted by Crippen LogP contribution is 2.26. The lowest BCUT2D eigenvalue weighted by atomic mass is 9.99. The minimum Gasteiger partial charge on any atom is -0.372 e. The molecule has 0 aliphatic carbocycles. The molecule has 0 spiro atoms. The van der Waals surface area contributed by atoms with E-state index in [4.69, 9.17) is 0 Å². The molecule has 2 aromatic carbocycles. The zero-order chi connectivity index (χ0) is 20.2. The average Bonchev–Trinajstić information content (AvgIpc) is 2.72. The molecule has 0 atom stereocenters. The van der Waals surface area contributed by atoms with Crippen molar-refractivity contribution in [3.8, 4) is 0 Å². The first-order valence-electron chi connectivity index (χ1n) is 9.74. The molecule has 150 valence electrons. The van der Waals surface area contributed by atoms with E-state index in [1.54, 1.807) is 6.07 Å². The van der Waals surface area contributed by atoms with Crippen molar-refractivity contribution in [3.05, 3.63) is 66.4 Å². The zero-order valence-corrected chi connectivity index (χ0v) is 16.2. The summed E-state index contributed by atoms with van der Waals surface area (Å²) in [7, 11) is 0. The minimum atomic E-state index is -0.699. The number of benzene rings is 2. The summed E-state index contributed by atoms with van der Waals surface area (Å²) < 4.78 is 27.6. The summed E-state index contributed by atoms with van der Waals surface area (Å²) in [6.07, 6.45) is 3.97. The summed E-state index contributed by atoms with van der Waals surface area (Å²) in [4.78, 5) is 10.7. The third-order valence-corrected chi connectivity index (χ3v) is 5.14. The van der Waals surface area contributed by atoms with Crippen molar-refractivity contribution in [2.24, 2.45) is 5.92 Å². The number of nitrogens with zero attached hydrogens (tertiary/aromatic N) is 3. The minimum absolute atomic E-state index is 0.109. The predicted molar refractivity (Wildman–Crippen MR) is 112 cm³/mol. The van der Waals surface area contributed by atoms with E-state index in [9.17, 15) is 8.78 Å². The molecule has 0 amide bonds. The van der Waals surface area contributed by atoms with Gasteiger partial charge in [-0.3, -0.25) is 0 Å². The van der Waals surface area contributed by atoms with Crippen molar-refractivity contribution >= 4 is 28.8 Å². The Morgan fingerprint density at radius 3 is 2.31 bits per heavy atom. The van der Waals surface area contributed by atoms with Gasteiger partial charge in [-0.1, -0.05) is 13.0 Å². The van der Waals surface area contributed by atoms with Crippen molar-refractivity contribution in [2.75, 3.05) is 28.6 Å². The van der Waals surface area contributed by atoms with E-state index >= 15 is 0 Å². The van der Waals surface area contributed by atoms with Crippen LogP contribution in [0.3, 0.4) is 0 Å². The van der Waals surface area contributed by atoms with E-state index in [-0.39, 0.29) is 11.6 Å². The molecule has 1 aliphatic rings. The molecule has 1 aromatic heterocycles.